The van der Waals surface area contributed by atoms with Gasteiger partial charge in [-0.2, -0.15) is 4.98 Å². The molecule has 0 aliphatic heterocycles. The fourth-order valence-electron chi connectivity index (χ4n) is 2.59. The van der Waals surface area contributed by atoms with Crippen molar-refractivity contribution in [3.8, 4) is 5.75 Å². The van der Waals surface area contributed by atoms with Gasteiger partial charge < -0.3 is 15.4 Å². The largest absolute Gasteiger partial charge is 0.489 e. The summed E-state index contributed by atoms with van der Waals surface area (Å²) in [7, 11) is 0. The van der Waals surface area contributed by atoms with Crippen molar-refractivity contribution in [1.29, 1.82) is 0 Å². The summed E-state index contributed by atoms with van der Waals surface area (Å²) in [6.45, 7) is 4.53. The van der Waals surface area contributed by atoms with Crippen LogP contribution in [0.4, 0.5) is 21.8 Å². The maximum atomic E-state index is 13.7. The zero-order chi connectivity index (χ0) is 19.1. The Kier molecular flexibility index (Phi) is 6.20. The number of hydrogen-bond donors (Lipinski definition) is 2. The van der Waals surface area contributed by atoms with Gasteiger partial charge in [0, 0.05) is 12.7 Å². The first-order chi connectivity index (χ1) is 13.1. The molecular weight excluding hydrogens is 343 g/mol. The number of para-hydroxylation sites is 2. The van der Waals surface area contributed by atoms with Crippen molar-refractivity contribution in [2.24, 2.45) is 0 Å². The smallest absolute Gasteiger partial charge is 0.229 e. The average molecular weight is 366 g/mol. The molecule has 1 heterocycles. The van der Waals surface area contributed by atoms with Gasteiger partial charge >= 0.3 is 0 Å². The van der Waals surface area contributed by atoms with Crippen LogP contribution in [0.15, 0.2) is 60.8 Å². The maximum Gasteiger partial charge on any atom is 0.229 e. The Labute approximate surface area is 158 Å². The minimum Gasteiger partial charge on any atom is -0.489 e. The Morgan fingerprint density at radius 2 is 1.81 bits per heavy atom. The van der Waals surface area contributed by atoms with Gasteiger partial charge in [0.05, 0.1) is 11.8 Å². The molecule has 0 bridgehead atoms. The Balaban J connectivity index is 1.63. The van der Waals surface area contributed by atoms with Crippen LogP contribution in [0.5, 0.6) is 5.75 Å². The number of halogens is 1. The summed E-state index contributed by atoms with van der Waals surface area (Å²) < 4.78 is 19.5. The van der Waals surface area contributed by atoms with Gasteiger partial charge in [-0.05, 0) is 50.1 Å². The normalized spacial score (nSPS) is 10.7. The highest BCUT2D eigenvalue weighted by Crippen LogP contribution is 2.27. The van der Waals surface area contributed by atoms with Crippen molar-refractivity contribution in [3.63, 3.8) is 0 Å². The highest BCUT2D eigenvalue weighted by molar-refractivity contribution is 5.63. The molecule has 0 radical (unpaired) electrons. The Morgan fingerprint density at radius 3 is 2.63 bits per heavy atom. The van der Waals surface area contributed by atoms with E-state index >= 15 is 0 Å². The van der Waals surface area contributed by atoms with Crippen molar-refractivity contribution in [1.82, 2.24) is 9.97 Å². The molecule has 0 amide bonds. The molecule has 140 valence electrons. The summed E-state index contributed by atoms with van der Waals surface area (Å²) in [5.41, 5.74) is 1.48. The van der Waals surface area contributed by atoms with Gasteiger partial charge in [0.25, 0.3) is 0 Å². The quantitative estimate of drug-likeness (QED) is 0.600. The van der Waals surface area contributed by atoms with Gasteiger partial charge in [-0.15, -0.1) is 0 Å². The second kappa shape index (κ2) is 8.98. The molecule has 1 aromatic heterocycles. The van der Waals surface area contributed by atoms with Crippen LogP contribution in [0.2, 0.25) is 0 Å². The fourth-order valence-corrected chi connectivity index (χ4v) is 2.59. The molecule has 0 unspecified atom stereocenters. The second-order valence-electron chi connectivity index (χ2n) is 6.32. The Bertz CT molecular complexity index is 885. The lowest BCUT2D eigenvalue weighted by Crippen LogP contribution is -2.10. The van der Waals surface area contributed by atoms with Crippen LogP contribution in [-0.4, -0.2) is 22.6 Å². The highest BCUT2D eigenvalue weighted by Gasteiger charge is 2.07. The number of benzene rings is 2. The Hall–Kier alpha value is -3.15. The number of rotatable bonds is 8. The molecule has 0 spiro atoms. The van der Waals surface area contributed by atoms with E-state index in [-0.39, 0.29) is 11.9 Å². The van der Waals surface area contributed by atoms with Crippen LogP contribution in [0.1, 0.15) is 19.4 Å². The minimum absolute atomic E-state index is 0.0697. The minimum atomic E-state index is -0.189. The SMILES string of the molecule is CC(C)Oc1ccccc1Nc1nccc(NCCc2ccccc2F)n1. The topological polar surface area (TPSA) is 59.1 Å². The molecule has 0 aliphatic rings. The molecule has 2 aromatic carbocycles. The maximum absolute atomic E-state index is 13.7. The van der Waals surface area contributed by atoms with E-state index in [1.165, 1.54) is 6.07 Å². The van der Waals surface area contributed by atoms with Gasteiger partial charge in [-0.3, -0.25) is 0 Å². The third-order valence-corrected chi connectivity index (χ3v) is 3.81. The lowest BCUT2D eigenvalue weighted by Gasteiger charge is -2.15. The number of ether oxygens (including phenoxy) is 1. The van der Waals surface area contributed by atoms with Gasteiger partial charge in [0.2, 0.25) is 5.95 Å². The van der Waals surface area contributed by atoms with Crippen LogP contribution in [-0.2, 0) is 6.42 Å². The molecular formula is C21H23FN4O. The molecule has 0 saturated heterocycles. The van der Waals surface area contributed by atoms with Gasteiger partial charge in [0.15, 0.2) is 0 Å². The second-order valence-corrected chi connectivity index (χ2v) is 6.32. The zero-order valence-electron chi connectivity index (χ0n) is 15.4. The van der Waals surface area contributed by atoms with Crippen molar-refractivity contribution in [2.45, 2.75) is 26.4 Å². The summed E-state index contributed by atoms with van der Waals surface area (Å²) in [5, 5.41) is 6.39. The van der Waals surface area contributed by atoms with E-state index in [0.717, 1.165) is 11.4 Å². The lowest BCUT2D eigenvalue weighted by atomic mass is 10.1. The summed E-state index contributed by atoms with van der Waals surface area (Å²) in [6, 6.07) is 16.2. The molecule has 0 aliphatic carbocycles. The first kappa shape index (κ1) is 18.6. The van der Waals surface area contributed by atoms with Crippen molar-refractivity contribution in [2.75, 3.05) is 17.2 Å². The number of aromatic nitrogens is 2. The summed E-state index contributed by atoms with van der Waals surface area (Å²) in [6.07, 6.45) is 2.32. The molecule has 0 saturated carbocycles. The van der Waals surface area contributed by atoms with Crippen LogP contribution in [0.25, 0.3) is 0 Å². The summed E-state index contributed by atoms with van der Waals surface area (Å²) in [4.78, 5) is 8.72. The molecule has 3 aromatic rings. The molecule has 6 heteroatoms. The average Bonchev–Trinajstić information content (AvgIpc) is 2.65. The van der Waals surface area contributed by atoms with E-state index in [1.807, 2.05) is 44.2 Å². The van der Waals surface area contributed by atoms with Crippen LogP contribution >= 0.6 is 0 Å². The van der Waals surface area contributed by atoms with Crippen LogP contribution < -0.4 is 15.4 Å². The fraction of sp³-hybridized carbons (Fsp3) is 0.238. The monoisotopic (exact) mass is 366 g/mol. The van der Waals surface area contributed by atoms with E-state index in [9.17, 15) is 4.39 Å². The molecule has 0 fully saturated rings. The molecule has 3 rings (SSSR count). The Morgan fingerprint density at radius 1 is 1.04 bits per heavy atom. The third kappa shape index (κ3) is 5.41. The summed E-state index contributed by atoms with van der Waals surface area (Å²) in [5.74, 6) is 1.69. The molecule has 0 atom stereocenters. The van der Waals surface area contributed by atoms with E-state index in [1.54, 1.807) is 24.4 Å². The molecule has 2 N–H and O–H groups in total. The highest BCUT2D eigenvalue weighted by atomic mass is 19.1. The van der Waals surface area contributed by atoms with E-state index in [2.05, 4.69) is 20.6 Å². The first-order valence-corrected chi connectivity index (χ1v) is 8.95. The van der Waals surface area contributed by atoms with Crippen LogP contribution in [0.3, 0.4) is 0 Å². The number of nitrogens with zero attached hydrogens (tertiary/aromatic N) is 2. The predicted octanol–water partition coefficient (Wildman–Crippen LogP) is 4.80. The molecule has 5 nitrogen and oxygen atoms in total. The molecule has 27 heavy (non-hydrogen) atoms. The van der Waals surface area contributed by atoms with E-state index < -0.39 is 0 Å². The van der Waals surface area contributed by atoms with Crippen molar-refractivity contribution >= 4 is 17.5 Å². The first-order valence-electron chi connectivity index (χ1n) is 8.95. The van der Waals surface area contributed by atoms with Crippen LogP contribution in [0, 0.1) is 5.82 Å². The van der Waals surface area contributed by atoms with Crippen molar-refractivity contribution in [3.05, 3.63) is 72.2 Å². The third-order valence-electron chi connectivity index (χ3n) is 3.81. The number of hydrogen-bond acceptors (Lipinski definition) is 5. The van der Waals surface area contributed by atoms with Gasteiger partial charge in [-0.1, -0.05) is 30.3 Å². The van der Waals surface area contributed by atoms with E-state index in [4.69, 9.17) is 4.74 Å². The van der Waals surface area contributed by atoms with Crippen molar-refractivity contribution < 1.29 is 9.13 Å². The van der Waals surface area contributed by atoms with Gasteiger partial charge in [0.1, 0.15) is 17.4 Å². The van der Waals surface area contributed by atoms with E-state index in [0.29, 0.717) is 30.3 Å². The predicted molar refractivity (Wildman–Crippen MR) is 106 cm³/mol. The zero-order valence-corrected chi connectivity index (χ0v) is 15.4. The number of nitrogens with one attached hydrogen (secondary N) is 2. The number of anilines is 3. The van der Waals surface area contributed by atoms with Gasteiger partial charge in [-0.25, -0.2) is 9.37 Å². The standard InChI is InChI=1S/C21H23FN4O/c1-15(2)27-19-10-6-5-9-18(19)25-21-24-14-12-20(26-21)23-13-11-16-7-3-4-8-17(16)22/h3-10,12,14-15H,11,13H2,1-2H3,(H2,23,24,25,26). The summed E-state index contributed by atoms with van der Waals surface area (Å²) >= 11 is 0. The lowest BCUT2D eigenvalue weighted by molar-refractivity contribution is 0.244.